The summed E-state index contributed by atoms with van der Waals surface area (Å²) in [5.74, 6) is -4.20. The normalized spacial score (nSPS) is 15.7. The number of nitrogens with zero attached hydrogens (tertiary/aromatic N) is 1. The summed E-state index contributed by atoms with van der Waals surface area (Å²) in [6.45, 7) is 2.31. The van der Waals surface area contributed by atoms with Crippen molar-refractivity contribution in [2.75, 3.05) is 39.2 Å². The molecule has 1 fully saturated rings. The van der Waals surface area contributed by atoms with Gasteiger partial charge in [0.2, 0.25) is 0 Å². The first-order chi connectivity index (χ1) is 14.3. The van der Waals surface area contributed by atoms with E-state index in [-0.39, 0.29) is 30.0 Å². The number of methoxy groups -OCH3 is 2. The molecular weight excluding hydrogens is 396 g/mol. The number of carbonyl (C=O) groups is 5. The summed E-state index contributed by atoms with van der Waals surface area (Å²) in [7, 11) is 2.35. The number of carbonyl (C=O) groups excluding carboxylic acids is 5. The van der Waals surface area contributed by atoms with Gasteiger partial charge in [0.25, 0.3) is 0 Å². The van der Waals surface area contributed by atoms with Crippen molar-refractivity contribution < 1.29 is 38.2 Å². The van der Waals surface area contributed by atoms with E-state index in [1.165, 1.54) is 30.2 Å². The van der Waals surface area contributed by atoms with Crippen LogP contribution < -0.4 is 5.32 Å². The van der Waals surface area contributed by atoms with Crippen LogP contribution in [-0.2, 0) is 28.6 Å². The molecule has 1 saturated heterocycles. The van der Waals surface area contributed by atoms with E-state index in [4.69, 9.17) is 4.74 Å². The third-order valence-corrected chi connectivity index (χ3v) is 4.62. The summed E-state index contributed by atoms with van der Waals surface area (Å²) >= 11 is 0. The van der Waals surface area contributed by atoms with Crippen LogP contribution in [0, 0.1) is 5.92 Å². The molecule has 30 heavy (non-hydrogen) atoms. The zero-order chi connectivity index (χ0) is 22.3. The molecule has 1 aliphatic heterocycles. The van der Waals surface area contributed by atoms with Crippen LogP contribution in [0.25, 0.3) is 0 Å². The summed E-state index contributed by atoms with van der Waals surface area (Å²) in [4.78, 5) is 62.1. The monoisotopic (exact) mass is 420 g/mol. The molecule has 1 heterocycles. The number of piperidine rings is 1. The van der Waals surface area contributed by atoms with Crippen LogP contribution in [0.2, 0.25) is 0 Å². The van der Waals surface area contributed by atoms with Gasteiger partial charge in [0.1, 0.15) is 0 Å². The van der Waals surface area contributed by atoms with Gasteiger partial charge in [-0.3, -0.25) is 14.4 Å². The Morgan fingerprint density at radius 2 is 1.80 bits per heavy atom. The molecule has 0 spiro atoms. The van der Waals surface area contributed by atoms with E-state index >= 15 is 0 Å². The molecule has 0 aromatic heterocycles. The number of esters is 3. The standard InChI is InChI=1S/C20H24N2O8/c1-4-30-19(26)13-6-5-9-22(11-13)17(24)16(23)21-15-10-12(18(25)28-2)7-8-14(15)20(27)29-3/h7-8,10,13H,4-6,9,11H2,1-3H3,(H,21,23). The molecular formula is C20H24N2O8. The highest BCUT2D eigenvalue weighted by Crippen LogP contribution is 2.21. The van der Waals surface area contributed by atoms with Gasteiger partial charge in [0.05, 0.1) is 43.6 Å². The zero-order valence-corrected chi connectivity index (χ0v) is 17.1. The summed E-state index contributed by atoms with van der Waals surface area (Å²) < 4.78 is 14.3. The predicted molar refractivity (Wildman–Crippen MR) is 104 cm³/mol. The first kappa shape index (κ1) is 22.9. The van der Waals surface area contributed by atoms with Gasteiger partial charge < -0.3 is 24.4 Å². The first-order valence-electron chi connectivity index (χ1n) is 9.39. The Kier molecular flexibility index (Phi) is 7.90. The average Bonchev–Trinajstić information content (AvgIpc) is 2.77. The van der Waals surface area contributed by atoms with Crippen LogP contribution in [0.1, 0.15) is 40.5 Å². The molecule has 0 radical (unpaired) electrons. The molecule has 162 valence electrons. The lowest BCUT2D eigenvalue weighted by Gasteiger charge is -2.31. The molecule has 1 unspecified atom stereocenters. The highest BCUT2D eigenvalue weighted by Gasteiger charge is 2.32. The maximum atomic E-state index is 12.6. The highest BCUT2D eigenvalue weighted by atomic mass is 16.5. The zero-order valence-electron chi connectivity index (χ0n) is 17.1. The van der Waals surface area contributed by atoms with Gasteiger partial charge in [-0.15, -0.1) is 0 Å². The number of ether oxygens (including phenoxy) is 3. The second kappa shape index (κ2) is 10.4. The van der Waals surface area contributed by atoms with Crippen LogP contribution in [0.3, 0.4) is 0 Å². The largest absolute Gasteiger partial charge is 0.466 e. The van der Waals surface area contributed by atoms with Crippen LogP contribution in [0.4, 0.5) is 5.69 Å². The molecule has 0 bridgehead atoms. The second-order valence-corrected chi connectivity index (χ2v) is 6.54. The lowest BCUT2D eigenvalue weighted by Crippen LogP contribution is -2.47. The summed E-state index contributed by atoms with van der Waals surface area (Å²) in [6, 6.07) is 3.85. The molecule has 1 aromatic carbocycles. The van der Waals surface area contributed by atoms with E-state index in [0.29, 0.717) is 19.4 Å². The van der Waals surface area contributed by atoms with E-state index in [2.05, 4.69) is 14.8 Å². The summed E-state index contributed by atoms with van der Waals surface area (Å²) in [5, 5.41) is 2.36. The van der Waals surface area contributed by atoms with Crippen molar-refractivity contribution in [3.05, 3.63) is 29.3 Å². The molecule has 10 heteroatoms. The lowest BCUT2D eigenvalue weighted by molar-refractivity contribution is -0.153. The molecule has 0 aliphatic carbocycles. The number of nitrogens with one attached hydrogen (secondary N) is 1. The van der Waals surface area contributed by atoms with Gasteiger partial charge in [-0.1, -0.05) is 0 Å². The molecule has 0 saturated carbocycles. The predicted octanol–water partition coefficient (Wildman–Crippen LogP) is 1.000. The summed E-state index contributed by atoms with van der Waals surface area (Å²) in [6.07, 6.45) is 1.12. The number of amides is 2. The number of benzene rings is 1. The minimum absolute atomic E-state index is 0.0330. The van der Waals surface area contributed by atoms with Gasteiger partial charge in [-0.05, 0) is 38.0 Å². The fourth-order valence-corrected chi connectivity index (χ4v) is 3.11. The van der Waals surface area contributed by atoms with E-state index < -0.39 is 35.6 Å². The van der Waals surface area contributed by atoms with E-state index in [9.17, 15) is 24.0 Å². The third-order valence-electron chi connectivity index (χ3n) is 4.62. The van der Waals surface area contributed by atoms with Gasteiger partial charge in [-0.25, -0.2) is 9.59 Å². The Labute approximate surface area is 173 Å². The van der Waals surface area contributed by atoms with Crippen LogP contribution in [0.5, 0.6) is 0 Å². The van der Waals surface area contributed by atoms with Gasteiger partial charge >= 0.3 is 29.7 Å². The summed E-state index contributed by atoms with van der Waals surface area (Å²) in [5.41, 5.74) is -0.0235. The highest BCUT2D eigenvalue weighted by molar-refractivity contribution is 6.40. The minimum atomic E-state index is -1.01. The first-order valence-corrected chi connectivity index (χ1v) is 9.39. The van der Waals surface area contributed by atoms with Crippen molar-refractivity contribution in [1.29, 1.82) is 0 Å². The molecule has 1 aliphatic rings. The van der Waals surface area contributed by atoms with Crippen LogP contribution in [0.15, 0.2) is 18.2 Å². The van der Waals surface area contributed by atoms with Gasteiger partial charge in [-0.2, -0.15) is 0 Å². The Morgan fingerprint density at radius 1 is 1.10 bits per heavy atom. The Morgan fingerprint density at radius 3 is 2.43 bits per heavy atom. The minimum Gasteiger partial charge on any atom is -0.466 e. The van der Waals surface area contributed by atoms with E-state index in [0.717, 1.165) is 7.11 Å². The molecule has 2 rings (SSSR count). The van der Waals surface area contributed by atoms with E-state index in [1.807, 2.05) is 0 Å². The SMILES string of the molecule is CCOC(=O)C1CCCN(C(=O)C(=O)Nc2cc(C(=O)OC)ccc2C(=O)OC)C1. The molecule has 2 amide bonds. The number of likely N-dealkylation sites (tertiary alicyclic amines) is 1. The number of hydrogen-bond donors (Lipinski definition) is 1. The number of anilines is 1. The molecule has 10 nitrogen and oxygen atoms in total. The number of rotatable bonds is 5. The Balaban J connectivity index is 2.19. The number of hydrogen-bond acceptors (Lipinski definition) is 8. The van der Waals surface area contributed by atoms with Crippen molar-refractivity contribution in [1.82, 2.24) is 4.90 Å². The average molecular weight is 420 g/mol. The van der Waals surface area contributed by atoms with Crippen LogP contribution >= 0.6 is 0 Å². The lowest BCUT2D eigenvalue weighted by atomic mass is 9.98. The Bertz CT molecular complexity index is 851. The van der Waals surface area contributed by atoms with Crippen molar-refractivity contribution in [2.24, 2.45) is 5.92 Å². The van der Waals surface area contributed by atoms with Crippen molar-refractivity contribution in [3.63, 3.8) is 0 Å². The molecule has 1 N–H and O–H groups in total. The maximum Gasteiger partial charge on any atom is 0.339 e. The van der Waals surface area contributed by atoms with Gasteiger partial charge in [0, 0.05) is 13.1 Å². The van der Waals surface area contributed by atoms with Crippen molar-refractivity contribution >= 4 is 35.4 Å². The fraction of sp³-hybridized carbons (Fsp3) is 0.450. The fourth-order valence-electron chi connectivity index (χ4n) is 3.11. The topological polar surface area (TPSA) is 128 Å². The molecule has 1 atom stereocenters. The van der Waals surface area contributed by atoms with Crippen LogP contribution in [-0.4, -0.2) is 68.5 Å². The smallest absolute Gasteiger partial charge is 0.339 e. The van der Waals surface area contributed by atoms with Crippen molar-refractivity contribution in [3.8, 4) is 0 Å². The third kappa shape index (κ3) is 5.34. The van der Waals surface area contributed by atoms with Crippen molar-refractivity contribution in [2.45, 2.75) is 19.8 Å². The maximum absolute atomic E-state index is 12.6. The quantitative estimate of drug-likeness (QED) is 0.424. The molecule has 1 aromatic rings. The van der Waals surface area contributed by atoms with Gasteiger partial charge in [0.15, 0.2) is 0 Å². The Hall–Kier alpha value is -3.43. The second-order valence-electron chi connectivity index (χ2n) is 6.54. The van der Waals surface area contributed by atoms with E-state index in [1.54, 1.807) is 6.92 Å².